The zero-order chi connectivity index (χ0) is 24.5. The maximum absolute atomic E-state index is 10.4. The van der Waals surface area contributed by atoms with Crippen LogP contribution in [0.1, 0.15) is 29.3 Å². The van der Waals surface area contributed by atoms with Gasteiger partial charge in [-0.2, -0.15) is 10.6 Å². The van der Waals surface area contributed by atoms with Gasteiger partial charge in [-0.25, -0.2) is 9.97 Å². The summed E-state index contributed by atoms with van der Waals surface area (Å²) in [6, 6.07) is 15.0. The fourth-order valence-corrected chi connectivity index (χ4v) is 4.74. The van der Waals surface area contributed by atoms with Gasteiger partial charge in [-0.1, -0.05) is 35.5 Å². The average molecular weight is 486 g/mol. The molecule has 0 aliphatic heterocycles. The van der Waals surface area contributed by atoms with Crippen LogP contribution in [0.4, 0.5) is 5.82 Å². The van der Waals surface area contributed by atoms with Crippen molar-refractivity contribution in [3.8, 4) is 34.0 Å². The van der Waals surface area contributed by atoms with Gasteiger partial charge in [0.2, 0.25) is 0 Å². The topological polar surface area (TPSA) is 130 Å². The molecule has 0 radical (unpaired) electrons. The lowest BCUT2D eigenvalue weighted by atomic mass is 10.0. The van der Waals surface area contributed by atoms with Crippen LogP contribution in [0.5, 0.6) is 0 Å². The van der Waals surface area contributed by atoms with Crippen molar-refractivity contribution < 1.29 is 17.9 Å². The van der Waals surface area contributed by atoms with E-state index in [0.29, 0.717) is 27.7 Å². The maximum Gasteiger partial charge on any atom is 0.189 e. The Morgan fingerprint density at radius 2 is 1.82 bits per heavy atom. The Labute approximate surface area is 205 Å². The molecular formula is C25H35N5O3S. The molecule has 0 aliphatic rings. The molecule has 9 heteroatoms. The number of hydrogen-bond acceptors (Lipinski definition) is 8. The molecule has 0 bridgehead atoms. The molecule has 2 aromatic heterocycles. The van der Waals surface area contributed by atoms with Gasteiger partial charge in [0, 0.05) is 33.3 Å². The first kappa shape index (κ1) is 23.9. The second-order valence-corrected chi connectivity index (χ2v) is 11.0. The van der Waals surface area contributed by atoms with Crippen LogP contribution in [0, 0.1) is 6.92 Å². The van der Waals surface area contributed by atoms with Crippen molar-refractivity contribution in [2.24, 2.45) is 0 Å². The summed E-state index contributed by atoms with van der Waals surface area (Å²) in [4.78, 5) is 9.44. The van der Waals surface area contributed by atoms with Gasteiger partial charge in [-0.15, -0.1) is 0 Å². The molecule has 0 atom stereocenters. The van der Waals surface area contributed by atoms with Gasteiger partial charge in [0.15, 0.2) is 17.3 Å². The van der Waals surface area contributed by atoms with Crippen molar-refractivity contribution in [1.82, 2.24) is 20.4 Å². The van der Waals surface area contributed by atoms with Crippen LogP contribution in [-0.2, 0) is 6.54 Å². The molecule has 2 aromatic carbocycles. The van der Waals surface area contributed by atoms with Crippen molar-refractivity contribution in [2.75, 3.05) is 12.8 Å². The van der Waals surface area contributed by atoms with E-state index in [0.717, 1.165) is 23.2 Å². The molecule has 0 aliphatic carbocycles. The van der Waals surface area contributed by atoms with Crippen LogP contribution >= 0.6 is 10.6 Å². The van der Waals surface area contributed by atoms with Crippen LogP contribution in [0.3, 0.4) is 0 Å². The largest absolute Gasteiger partial charge is 0.382 e. The standard InChI is InChI=1S/C25H29N5O3S.3H2/c1-15(2)34(31,32)19-8-6-18(7-9-19)22-14-28-25(26)24(29-22)23-12-21(30-33-23)20-10-5-17(13-27-4)11-16(20)3;;;/h5-12,14-15,27,31-32H,13H2,1-4H3,(H2,26,28);3*1H. The van der Waals surface area contributed by atoms with Gasteiger partial charge < -0.3 is 15.6 Å². The highest BCUT2D eigenvalue weighted by atomic mass is 32.3. The van der Waals surface area contributed by atoms with E-state index < -0.39 is 10.6 Å². The van der Waals surface area contributed by atoms with Gasteiger partial charge in [-0.3, -0.25) is 9.11 Å². The Balaban J connectivity index is 0.00000228. The molecule has 34 heavy (non-hydrogen) atoms. The van der Waals surface area contributed by atoms with Crippen molar-refractivity contribution >= 4 is 16.4 Å². The molecule has 8 nitrogen and oxygen atoms in total. The highest BCUT2D eigenvalue weighted by Gasteiger charge is 2.21. The Morgan fingerprint density at radius 1 is 1.09 bits per heavy atom. The third kappa shape index (κ3) is 4.69. The maximum atomic E-state index is 10.4. The summed E-state index contributed by atoms with van der Waals surface area (Å²) >= 11 is 0. The Hall–Kier alpha value is -3.24. The number of nitrogens with one attached hydrogen (secondary N) is 1. The Bertz CT molecular complexity index is 1320. The first-order valence-corrected chi connectivity index (χ1v) is 12.5. The summed E-state index contributed by atoms with van der Waals surface area (Å²) in [6.45, 7) is 6.40. The molecule has 5 N–H and O–H groups in total. The molecule has 2 heterocycles. The normalized spacial score (nSPS) is 12.3. The minimum absolute atomic E-state index is 0. The van der Waals surface area contributed by atoms with Gasteiger partial charge in [0.05, 0.1) is 16.8 Å². The monoisotopic (exact) mass is 485 g/mol. The molecule has 0 spiro atoms. The molecular weight excluding hydrogens is 450 g/mol. The molecule has 0 saturated heterocycles. The predicted molar refractivity (Wildman–Crippen MR) is 143 cm³/mol. The van der Waals surface area contributed by atoms with E-state index in [2.05, 4.69) is 32.6 Å². The number of nitrogen functional groups attached to an aromatic ring is 1. The number of nitrogens with zero attached hydrogens (tertiary/aromatic N) is 3. The van der Waals surface area contributed by atoms with Gasteiger partial charge in [-0.05, 0) is 51.1 Å². The van der Waals surface area contributed by atoms with Crippen LogP contribution in [0.25, 0.3) is 34.0 Å². The number of rotatable bonds is 7. The number of anilines is 1. The summed E-state index contributed by atoms with van der Waals surface area (Å²) in [5, 5.41) is 7.11. The minimum Gasteiger partial charge on any atom is -0.382 e. The lowest BCUT2D eigenvalue weighted by molar-refractivity contribution is 0.433. The van der Waals surface area contributed by atoms with E-state index in [9.17, 15) is 9.11 Å². The third-order valence-corrected chi connectivity index (χ3v) is 7.93. The second kappa shape index (κ2) is 9.55. The minimum atomic E-state index is -2.85. The fraction of sp³-hybridized carbons (Fsp3) is 0.240. The average Bonchev–Trinajstić information content (AvgIpc) is 3.29. The number of hydrogen-bond donors (Lipinski definition) is 4. The zero-order valence-corrected chi connectivity index (χ0v) is 20.4. The van der Waals surface area contributed by atoms with Gasteiger partial charge >= 0.3 is 0 Å². The smallest absolute Gasteiger partial charge is 0.189 e. The van der Waals surface area contributed by atoms with E-state index in [1.165, 1.54) is 5.56 Å². The molecule has 4 aromatic rings. The highest BCUT2D eigenvalue weighted by Crippen LogP contribution is 2.52. The van der Waals surface area contributed by atoms with Crippen molar-refractivity contribution in [2.45, 2.75) is 37.5 Å². The van der Waals surface area contributed by atoms with Crippen LogP contribution < -0.4 is 11.1 Å². The summed E-state index contributed by atoms with van der Waals surface area (Å²) in [5.41, 5.74) is 11.8. The van der Waals surface area contributed by atoms with Crippen LogP contribution in [0.2, 0.25) is 0 Å². The highest BCUT2D eigenvalue weighted by molar-refractivity contribution is 8.24. The first-order valence-electron chi connectivity index (χ1n) is 10.9. The zero-order valence-electron chi connectivity index (χ0n) is 19.6. The summed E-state index contributed by atoms with van der Waals surface area (Å²) in [5.74, 6) is 0.657. The van der Waals surface area contributed by atoms with Crippen molar-refractivity contribution in [1.29, 1.82) is 0 Å². The van der Waals surface area contributed by atoms with E-state index >= 15 is 0 Å². The summed E-state index contributed by atoms with van der Waals surface area (Å²) in [7, 11) is -0.933. The van der Waals surface area contributed by atoms with Crippen LogP contribution in [0.15, 0.2) is 64.1 Å². The Morgan fingerprint density at radius 3 is 2.47 bits per heavy atom. The van der Waals surface area contributed by atoms with Crippen LogP contribution in [-0.4, -0.2) is 36.5 Å². The van der Waals surface area contributed by atoms with Crippen molar-refractivity contribution in [3.05, 3.63) is 65.9 Å². The summed E-state index contributed by atoms with van der Waals surface area (Å²) in [6.07, 6.45) is 1.58. The van der Waals surface area contributed by atoms with Gasteiger partial charge in [0.1, 0.15) is 5.69 Å². The molecule has 0 fully saturated rings. The number of nitrogens with two attached hydrogens (primary N) is 1. The number of benzene rings is 2. The van der Waals surface area contributed by atoms with E-state index in [1.807, 2.05) is 26.1 Å². The van der Waals surface area contributed by atoms with E-state index in [1.54, 1.807) is 44.3 Å². The quantitative estimate of drug-likeness (QED) is 0.239. The predicted octanol–water partition coefficient (Wildman–Crippen LogP) is 6.33. The molecule has 184 valence electrons. The molecule has 0 unspecified atom stereocenters. The molecule has 4 rings (SSSR count). The third-order valence-electron chi connectivity index (χ3n) is 5.65. The first-order chi connectivity index (χ1) is 16.2. The number of aryl methyl sites for hydroxylation is 1. The van der Waals surface area contributed by atoms with Gasteiger partial charge in [0.25, 0.3) is 0 Å². The Kier molecular flexibility index (Phi) is 6.72. The fourth-order valence-electron chi connectivity index (χ4n) is 3.66. The lowest BCUT2D eigenvalue weighted by Crippen LogP contribution is -2.10. The molecule has 0 saturated carbocycles. The van der Waals surface area contributed by atoms with E-state index in [-0.39, 0.29) is 15.3 Å². The van der Waals surface area contributed by atoms with E-state index in [4.69, 9.17) is 10.3 Å². The lowest BCUT2D eigenvalue weighted by Gasteiger charge is -2.36. The second-order valence-electron chi connectivity index (χ2n) is 8.41. The number of aromatic nitrogens is 3. The SMILES string of the molecule is CNCc1ccc(-c2cc(-c3nc(-c4ccc(S(O)(O)C(C)C)cc4)cnc3N)on2)c(C)c1.[HH].[HH].[HH]. The summed E-state index contributed by atoms with van der Waals surface area (Å²) < 4.78 is 26.4. The molecule has 0 amide bonds. The van der Waals surface area contributed by atoms with Crippen molar-refractivity contribution in [3.63, 3.8) is 0 Å².